The lowest BCUT2D eigenvalue weighted by Gasteiger charge is -2.28. The van der Waals surface area contributed by atoms with Crippen LogP contribution in [0.5, 0.6) is 0 Å². The molecule has 1 fully saturated rings. The molecule has 1 aromatic carbocycles. The first-order valence-corrected chi connectivity index (χ1v) is 5.07. The smallest absolute Gasteiger partial charge is 0.249 e. The van der Waals surface area contributed by atoms with Gasteiger partial charge >= 0.3 is 0 Å². The van der Waals surface area contributed by atoms with E-state index in [0.29, 0.717) is 5.69 Å². The average Bonchev–Trinajstić information content (AvgIpc) is 2.15. The van der Waals surface area contributed by atoms with Gasteiger partial charge in [0.1, 0.15) is 0 Å². The van der Waals surface area contributed by atoms with Crippen LogP contribution in [-0.2, 0) is 0 Å². The van der Waals surface area contributed by atoms with E-state index >= 15 is 0 Å². The molecule has 1 aromatic rings. The molecule has 1 aliphatic rings. The fraction of sp³-hybridized carbons (Fsp3) is 0.500. The first-order valence-electron chi connectivity index (χ1n) is 3.92. The van der Waals surface area contributed by atoms with E-state index in [1.165, 1.54) is 6.07 Å². The van der Waals surface area contributed by atoms with Crippen LogP contribution in [0.4, 0.5) is 5.69 Å². The van der Waals surface area contributed by atoms with Crippen molar-refractivity contribution in [1.82, 2.24) is 0 Å². The third-order valence-corrected chi connectivity index (χ3v) is 3.02. The van der Waals surface area contributed by atoms with Gasteiger partial charge in [0.15, 0.2) is 0 Å². The number of hydrogen-bond acceptors (Lipinski definition) is 4. The van der Waals surface area contributed by atoms with Crippen LogP contribution < -0.4 is 15.8 Å². The number of anilines is 1. The van der Waals surface area contributed by atoms with Crippen molar-refractivity contribution in [2.24, 2.45) is 0 Å². The van der Waals surface area contributed by atoms with E-state index in [2.05, 4.69) is 0 Å². The van der Waals surface area contributed by atoms with Crippen LogP contribution >= 0.6 is 11.8 Å². The summed E-state index contributed by atoms with van der Waals surface area (Å²) in [6, 6.07) is 1.44. The minimum atomic E-state index is -0.344. The van der Waals surface area contributed by atoms with Gasteiger partial charge in [-0.3, -0.25) is 9.59 Å². The fourth-order valence-corrected chi connectivity index (χ4v) is 2.25. The summed E-state index contributed by atoms with van der Waals surface area (Å²) in [6.45, 7) is 1.80. The molecule has 0 unspecified atom stereocenters. The molecule has 0 saturated carbocycles. The molecular formula is C8H9NO2S. The van der Waals surface area contributed by atoms with Crippen molar-refractivity contribution in [2.75, 3.05) is 29.5 Å². The molecular weight excluding hydrogens is 174 g/mol. The van der Waals surface area contributed by atoms with Crippen molar-refractivity contribution in [2.45, 2.75) is 0 Å². The second-order valence-electron chi connectivity index (χ2n) is 2.82. The molecule has 0 atom stereocenters. The van der Waals surface area contributed by atoms with Gasteiger partial charge in [-0.15, -0.1) is 0 Å². The van der Waals surface area contributed by atoms with Gasteiger partial charge in [-0.25, -0.2) is 0 Å². The second-order valence-corrected chi connectivity index (χ2v) is 4.05. The highest BCUT2D eigenvalue weighted by atomic mass is 32.2. The van der Waals surface area contributed by atoms with Crippen molar-refractivity contribution < 1.29 is 0 Å². The Hall–Kier alpha value is -0.770. The number of nitrogens with zero attached hydrogens (tertiary/aromatic N) is 1. The van der Waals surface area contributed by atoms with Crippen LogP contribution in [0.3, 0.4) is 0 Å². The lowest BCUT2D eigenvalue weighted by molar-refractivity contribution is 0.847. The summed E-state index contributed by atoms with van der Waals surface area (Å²) in [5.41, 5.74) is -0.0228. The molecule has 0 bridgehead atoms. The van der Waals surface area contributed by atoms with Gasteiger partial charge < -0.3 is 4.90 Å². The van der Waals surface area contributed by atoms with Crippen molar-refractivity contribution in [1.29, 1.82) is 0 Å². The van der Waals surface area contributed by atoms with Crippen LogP contribution in [0.2, 0.25) is 0 Å². The van der Waals surface area contributed by atoms with Gasteiger partial charge in [-0.2, -0.15) is 11.8 Å². The highest BCUT2D eigenvalue weighted by molar-refractivity contribution is 7.99. The molecule has 2 rings (SSSR count). The van der Waals surface area contributed by atoms with E-state index < -0.39 is 0 Å². The summed E-state index contributed by atoms with van der Waals surface area (Å²) in [6.07, 6.45) is 0. The molecule has 64 valence electrons. The molecule has 12 heavy (non-hydrogen) atoms. The molecule has 0 amide bonds. The first-order chi connectivity index (χ1) is 5.79. The van der Waals surface area contributed by atoms with Crippen molar-refractivity contribution in [3.63, 3.8) is 0 Å². The summed E-state index contributed by atoms with van der Waals surface area (Å²) in [4.78, 5) is 23.6. The molecule has 0 N–H and O–H groups in total. The van der Waals surface area contributed by atoms with Crippen LogP contribution in [-0.4, -0.2) is 24.6 Å². The summed E-state index contributed by atoms with van der Waals surface area (Å²) < 4.78 is 0. The van der Waals surface area contributed by atoms with E-state index in [9.17, 15) is 9.59 Å². The maximum Gasteiger partial charge on any atom is 0.249 e. The highest BCUT2D eigenvalue weighted by Gasteiger charge is 2.18. The Morgan fingerprint density at radius 1 is 1.25 bits per heavy atom. The molecule has 0 spiro atoms. The minimum absolute atomic E-state index is 0.304. The highest BCUT2D eigenvalue weighted by Crippen LogP contribution is 2.14. The van der Waals surface area contributed by atoms with Crippen LogP contribution in [0.1, 0.15) is 0 Å². The fourth-order valence-electron chi connectivity index (χ4n) is 1.34. The Balaban J connectivity index is 2.16. The van der Waals surface area contributed by atoms with E-state index in [1.807, 2.05) is 16.7 Å². The van der Waals surface area contributed by atoms with Crippen molar-refractivity contribution in [3.05, 3.63) is 26.5 Å². The third kappa shape index (κ3) is 1.16. The zero-order chi connectivity index (χ0) is 8.55. The maximum atomic E-state index is 11.0. The number of hydrogen-bond donors (Lipinski definition) is 0. The Kier molecular flexibility index (Phi) is 1.92. The van der Waals surface area contributed by atoms with Crippen molar-refractivity contribution in [3.8, 4) is 0 Å². The van der Waals surface area contributed by atoms with Crippen LogP contribution in [0.15, 0.2) is 15.7 Å². The van der Waals surface area contributed by atoms with Gasteiger partial charge in [0.2, 0.25) is 10.9 Å². The lowest BCUT2D eigenvalue weighted by atomic mass is 10.2. The normalized spacial score (nSPS) is 18.5. The van der Waals surface area contributed by atoms with Crippen molar-refractivity contribution >= 4 is 17.4 Å². The summed E-state index contributed by atoms with van der Waals surface area (Å²) in [5.74, 6) is 2.11. The lowest BCUT2D eigenvalue weighted by Crippen LogP contribution is -2.43. The van der Waals surface area contributed by atoms with E-state index in [0.717, 1.165) is 24.6 Å². The predicted molar refractivity (Wildman–Crippen MR) is 50.9 cm³/mol. The van der Waals surface area contributed by atoms with Gasteiger partial charge in [0.25, 0.3) is 0 Å². The topological polar surface area (TPSA) is 37.4 Å². The first kappa shape index (κ1) is 7.86. The summed E-state index contributed by atoms with van der Waals surface area (Å²) in [7, 11) is 0. The maximum absolute atomic E-state index is 11.0. The molecule has 1 saturated heterocycles. The molecule has 3 nitrogen and oxygen atoms in total. The molecule has 1 heterocycles. The minimum Gasteiger partial charge on any atom is -0.366 e. The number of thioether (sulfide) groups is 1. The monoisotopic (exact) mass is 183 g/mol. The molecule has 1 aliphatic heterocycles. The Labute approximate surface area is 74.1 Å². The van der Waals surface area contributed by atoms with E-state index in [1.54, 1.807) is 0 Å². The Bertz CT molecular complexity index is 347. The number of rotatable bonds is 1. The average molecular weight is 183 g/mol. The standard InChI is InChI=1S/C8H9NO2S/c10-7-5-6(8(7)11)9-1-3-12-4-2-9/h5H,1-4H2. The van der Waals surface area contributed by atoms with Crippen LogP contribution in [0.25, 0.3) is 0 Å². The third-order valence-electron chi connectivity index (χ3n) is 2.08. The zero-order valence-corrected chi connectivity index (χ0v) is 7.39. The molecule has 4 heteroatoms. The quantitative estimate of drug-likeness (QED) is 0.567. The molecule has 0 aliphatic carbocycles. The SMILES string of the molecule is O=c1cc(N2CCSCC2)c1=O. The van der Waals surface area contributed by atoms with Crippen LogP contribution in [0, 0.1) is 0 Å². The zero-order valence-electron chi connectivity index (χ0n) is 6.58. The Morgan fingerprint density at radius 2 is 1.92 bits per heavy atom. The van der Waals surface area contributed by atoms with E-state index in [4.69, 9.17) is 0 Å². The van der Waals surface area contributed by atoms with Gasteiger partial charge in [-0.05, 0) is 0 Å². The van der Waals surface area contributed by atoms with E-state index in [-0.39, 0.29) is 10.9 Å². The Morgan fingerprint density at radius 3 is 2.42 bits per heavy atom. The largest absolute Gasteiger partial charge is 0.366 e. The summed E-state index contributed by atoms with van der Waals surface area (Å²) >= 11 is 1.89. The summed E-state index contributed by atoms with van der Waals surface area (Å²) in [5, 5.41) is 0. The van der Waals surface area contributed by atoms with Gasteiger partial charge in [0.05, 0.1) is 5.69 Å². The second kappa shape index (κ2) is 2.94. The van der Waals surface area contributed by atoms with Gasteiger partial charge in [0, 0.05) is 30.7 Å². The predicted octanol–water partition coefficient (Wildman–Crippen LogP) is -0.164. The molecule has 0 aromatic heterocycles. The molecule has 0 radical (unpaired) electrons. The van der Waals surface area contributed by atoms with Gasteiger partial charge in [-0.1, -0.05) is 0 Å².